The summed E-state index contributed by atoms with van der Waals surface area (Å²) in [5.41, 5.74) is 1.06. The summed E-state index contributed by atoms with van der Waals surface area (Å²) in [4.78, 5) is 16.5. The number of benzene rings is 1. The van der Waals surface area contributed by atoms with Crippen LogP contribution < -0.4 is 10.5 Å². The van der Waals surface area contributed by atoms with Crippen molar-refractivity contribution in [1.29, 1.82) is 0 Å². The molecule has 27 heavy (non-hydrogen) atoms. The number of anilines is 1. The van der Waals surface area contributed by atoms with E-state index < -0.39 is 17.3 Å². The highest BCUT2D eigenvalue weighted by atomic mass is 19.4. The molecule has 0 spiro atoms. The van der Waals surface area contributed by atoms with Crippen LogP contribution >= 0.6 is 0 Å². The van der Waals surface area contributed by atoms with Crippen molar-refractivity contribution in [1.82, 2.24) is 9.47 Å². The third-order valence-corrected chi connectivity index (χ3v) is 5.30. The van der Waals surface area contributed by atoms with Gasteiger partial charge in [-0.05, 0) is 36.2 Å². The van der Waals surface area contributed by atoms with E-state index in [0.29, 0.717) is 24.3 Å². The average molecular weight is 381 g/mol. The molecule has 3 heterocycles. The van der Waals surface area contributed by atoms with Gasteiger partial charge >= 0.3 is 6.18 Å². The van der Waals surface area contributed by atoms with Crippen LogP contribution in [-0.4, -0.2) is 48.4 Å². The first kappa shape index (κ1) is 18.0. The van der Waals surface area contributed by atoms with E-state index in [4.69, 9.17) is 0 Å². The molecule has 1 saturated heterocycles. The minimum atomic E-state index is -4.53. The van der Waals surface area contributed by atoms with E-state index in [0.717, 1.165) is 43.4 Å². The third kappa shape index (κ3) is 3.34. The minimum absolute atomic E-state index is 0.339. The van der Waals surface area contributed by atoms with Gasteiger partial charge in [-0.1, -0.05) is 0 Å². The number of aromatic nitrogens is 1. The summed E-state index contributed by atoms with van der Waals surface area (Å²) in [6.07, 6.45) is -2.55. The van der Waals surface area contributed by atoms with Crippen molar-refractivity contribution >= 4 is 5.69 Å². The molecule has 144 valence electrons. The molecule has 8 heteroatoms. The highest BCUT2D eigenvalue weighted by Crippen LogP contribution is 2.34. The van der Waals surface area contributed by atoms with Crippen molar-refractivity contribution < 1.29 is 17.6 Å². The Balaban J connectivity index is 1.56. The van der Waals surface area contributed by atoms with E-state index in [1.165, 1.54) is 10.8 Å². The summed E-state index contributed by atoms with van der Waals surface area (Å²) in [6.45, 7) is 2.66. The lowest BCUT2D eigenvalue weighted by Crippen LogP contribution is -2.59. The quantitative estimate of drug-likeness (QED) is 0.763. The first-order valence-electron chi connectivity index (χ1n) is 8.85. The molecular weight excluding hydrogens is 362 g/mol. The maximum atomic E-state index is 12.7. The predicted molar refractivity (Wildman–Crippen MR) is 94.3 cm³/mol. The zero-order valence-electron chi connectivity index (χ0n) is 14.5. The summed E-state index contributed by atoms with van der Waals surface area (Å²) in [7, 11) is 0. The van der Waals surface area contributed by atoms with E-state index in [9.17, 15) is 22.4 Å². The molecule has 0 bridgehead atoms. The van der Waals surface area contributed by atoms with Crippen molar-refractivity contribution in [3.05, 3.63) is 58.0 Å². The number of fused-ring (bicyclic) bond motifs is 1. The van der Waals surface area contributed by atoms with Crippen LogP contribution in [0.1, 0.15) is 11.1 Å². The molecule has 0 unspecified atom stereocenters. The van der Waals surface area contributed by atoms with Crippen molar-refractivity contribution in [3.8, 4) is 5.69 Å². The number of likely N-dealkylation sites (tertiary alicyclic amines) is 1. The number of alkyl halides is 4. The maximum Gasteiger partial charge on any atom is 0.416 e. The summed E-state index contributed by atoms with van der Waals surface area (Å²) < 4.78 is 51.8. The Morgan fingerprint density at radius 1 is 1.11 bits per heavy atom. The highest BCUT2D eigenvalue weighted by Gasteiger charge is 2.35. The number of halogens is 4. The molecule has 2 aromatic rings. The van der Waals surface area contributed by atoms with E-state index in [2.05, 4.69) is 9.80 Å². The van der Waals surface area contributed by atoms with Gasteiger partial charge in [0.1, 0.15) is 6.67 Å². The number of nitrogens with zero attached hydrogens (tertiary/aromatic N) is 3. The Labute approximate surface area is 153 Å². The van der Waals surface area contributed by atoms with E-state index in [1.807, 2.05) is 12.1 Å². The molecule has 2 aliphatic heterocycles. The average Bonchev–Trinajstić information content (AvgIpc) is 2.99. The molecule has 0 saturated carbocycles. The first-order valence-corrected chi connectivity index (χ1v) is 8.85. The van der Waals surface area contributed by atoms with Crippen molar-refractivity contribution in [2.24, 2.45) is 0 Å². The lowest BCUT2D eigenvalue weighted by Gasteiger charge is -2.44. The van der Waals surface area contributed by atoms with Crippen molar-refractivity contribution in [2.45, 2.75) is 18.6 Å². The monoisotopic (exact) mass is 381 g/mol. The lowest BCUT2D eigenvalue weighted by molar-refractivity contribution is -0.137. The zero-order chi connectivity index (χ0) is 19.2. The molecule has 1 fully saturated rings. The van der Waals surface area contributed by atoms with Gasteiger partial charge in [0.2, 0.25) is 0 Å². The summed E-state index contributed by atoms with van der Waals surface area (Å²) >= 11 is 0. The van der Waals surface area contributed by atoms with Gasteiger partial charge in [-0.25, -0.2) is 4.39 Å². The van der Waals surface area contributed by atoms with E-state index >= 15 is 0 Å². The Bertz CT molecular complexity index is 903. The molecule has 0 radical (unpaired) electrons. The SMILES string of the molecule is O=c1cc(C(F)(F)F)ccn1-c1ccc2c(c1)CCN2C1CN(CCF)C1. The molecule has 4 rings (SSSR count). The minimum Gasteiger partial charge on any atom is -0.365 e. The fourth-order valence-corrected chi connectivity index (χ4v) is 3.85. The van der Waals surface area contributed by atoms with Gasteiger partial charge in [-0.3, -0.25) is 14.3 Å². The molecule has 0 N–H and O–H groups in total. The Morgan fingerprint density at radius 3 is 2.56 bits per heavy atom. The molecule has 1 aromatic carbocycles. The highest BCUT2D eigenvalue weighted by molar-refractivity contribution is 5.62. The Kier molecular flexibility index (Phi) is 4.46. The first-order chi connectivity index (χ1) is 12.9. The van der Waals surface area contributed by atoms with Gasteiger partial charge in [0.25, 0.3) is 5.56 Å². The molecule has 0 aliphatic carbocycles. The number of hydrogen-bond donors (Lipinski definition) is 0. The normalized spacial score (nSPS) is 17.9. The van der Waals surface area contributed by atoms with Crippen LogP contribution in [0.15, 0.2) is 41.3 Å². The molecule has 4 nitrogen and oxygen atoms in total. The number of rotatable bonds is 4. The van der Waals surface area contributed by atoms with Crippen LogP contribution in [0.2, 0.25) is 0 Å². The second-order valence-electron chi connectivity index (χ2n) is 6.98. The molecule has 1 aromatic heterocycles. The number of pyridine rings is 1. The third-order valence-electron chi connectivity index (χ3n) is 5.30. The van der Waals surface area contributed by atoms with E-state index in [-0.39, 0.29) is 6.67 Å². The topological polar surface area (TPSA) is 28.5 Å². The Morgan fingerprint density at radius 2 is 1.89 bits per heavy atom. The summed E-state index contributed by atoms with van der Waals surface area (Å²) in [5.74, 6) is 0. The van der Waals surface area contributed by atoms with Crippen LogP contribution in [0.25, 0.3) is 5.69 Å². The fraction of sp³-hybridized carbons (Fsp3) is 0.421. The van der Waals surface area contributed by atoms with Gasteiger partial charge < -0.3 is 4.90 Å². The van der Waals surface area contributed by atoms with Crippen molar-refractivity contribution in [2.75, 3.05) is 37.8 Å². The fourth-order valence-electron chi connectivity index (χ4n) is 3.85. The maximum absolute atomic E-state index is 12.7. The van der Waals surface area contributed by atoms with Gasteiger partial charge in [0, 0.05) is 49.8 Å². The molecule has 0 amide bonds. The van der Waals surface area contributed by atoms with Crippen molar-refractivity contribution in [3.63, 3.8) is 0 Å². The molecular formula is C19H19F4N3O. The molecule has 0 atom stereocenters. The van der Waals surface area contributed by atoms with Gasteiger partial charge in [-0.2, -0.15) is 13.2 Å². The van der Waals surface area contributed by atoms with Crippen LogP contribution in [0.3, 0.4) is 0 Å². The second-order valence-corrected chi connectivity index (χ2v) is 6.98. The van der Waals surface area contributed by atoms with Crippen LogP contribution in [-0.2, 0) is 12.6 Å². The largest absolute Gasteiger partial charge is 0.416 e. The van der Waals surface area contributed by atoms with Gasteiger partial charge in [0.15, 0.2) is 0 Å². The van der Waals surface area contributed by atoms with Gasteiger partial charge in [-0.15, -0.1) is 0 Å². The standard InChI is InChI=1S/C19H19F4N3O/c20-5-8-24-11-16(12-24)25-6-3-13-9-15(1-2-17(13)25)26-7-4-14(10-18(26)27)19(21,22)23/h1-2,4,7,9-10,16H,3,5-6,8,11-12H2. The molecule has 2 aliphatic rings. The van der Waals surface area contributed by atoms with Gasteiger partial charge in [0.05, 0.1) is 11.6 Å². The smallest absolute Gasteiger partial charge is 0.365 e. The number of hydrogen-bond acceptors (Lipinski definition) is 3. The van der Waals surface area contributed by atoms with E-state index in [1.54, 1.807) is 6.07 Å². The summed E-state index contributed by atoms with van der Waals surface area (Å²) in [5, 5.41) is 0. The van der Waals surface area contributed by atoms with Crippen LogP contribution in [0.4, 0.5) is 23.2 Å². The Hall–Kier alpha value is -2.35. The lowest BCUT2D eigenvalue weighted by atomic mass is 10.1. The summed E-state index contributed by atoms with van der Waals surface area (Å²) in [6, 6.07) is 7.42. The second kappa shape index (κ2) is 6.67. The predicted octanol–water partition coefficient (Wildman–Crippen LogP) is 2.87. The van der Waals surface area contributed by atoms with Crippen LogP contribution in [0.5, 0.6) is 0 Å². The van der Waals surface area contributed by atoms with Crippen LogP contribution in [0, 0.1) is 0 Å². The zero-order valence-corrected chi connectivity index (χ0v) is 14.5.